The van der Waals surface area contributed by atoms with E-state index in [9.17, 15) is 31.5 Å². The highest BCUT2D eigenvalue weighted by Gasteiger charge is 2.42. The van der Waals surface area contributed by atoms with E-state index < -0.39 is 42.8 Å². The number of sulfone groups is 2. The smallest absolute Gasteiger partial charge is 0.369 e. The van der Waals surface area contributed by atoms with E-state index in [0.717, 1.165) is 29.2 Å². The highest BCUT2D eigenvalue weighted by Crippen LogP contribution is 2.45. The first-order chi connectivity index (χ1) is 25.5. The Balaban J connectivity index is 0.000000223. The van der Waals surface area contributed by atoms with Gasteiger partial charge in [0.2, 0.25) is 0 Å². The van der Waals surface area contributed by atoms with E-state index in [4.69, 9.17) is 14.2 Å². The standard InChI is InChI=1S/C20H20O5S.C19H18O5S.BBr3/c1-20(2)18(14-7-11-16(12-8-14)26(4,22)23)17(19(21)25-20)13-5-9-15(24-3)10-6-13;1-19(2)17(13-6-10-15(11-7-13)25(3,22)23)16(18(21)24-19)12-4-8-14(20)9-5-12;2-1(3)4/h5-12H,1-4H3;4-11,20H,1-3H3;. The van der Waals surface area contributed by atoms with Crippen LogP contribution in [0.25, 0.3) is 22.3 Å². The van der Waals surface area contributed by atoms with Gasteiger partial charge in [0.15, 0.2) is 19.7 Å². The summed E-state index contributed by atoms with van der Waals surface area (Å²) < 4.78 is 63.2. The Hall–Kier alpha value is -3.70. The molecule has 0 spiro atoms. The molecule has 2 heterocycles. The maximum atomic E-state index is 12.5. The molecule has 0 aliphatic carbocycles. The Morgan fingerprint density at radius 2 is 0.855 bits per heavy atom. The minimum atomic E-state index is -3.30. The average molecular weight is 981 g/mol. The SMILES string of the molecule is BrB(Br)Br.CC1(C)OC(=O)C(c2ccc(O)cc2)=C1c1ccc(S(C)(=O)=O)cc1.COc1ccc(C2=C(c3ccc(S(C)(=O)=O)cc3)C(C)(C)OC2=O)cc1. The van der Waals surface area contributed by atoms with Gasteiger partial charge in [-0.1, -0.05) is 48.5 Å². The maximum absolute atomic E-state index is 12.5. The largest absolute Gasteiger partial charge is 0.508 e. The molecule has 1 N–H and O–H groups in total. The van der Waals surface area contributed by atoms with Crippen molar-refractivity contribution in [2.75, 3.05) is 19.6 Å². The highest BCUT2D eigenvalue weighted by molar-refractivity contribution is 9.69. The average Bonchev–Trinajstić information content (AvgIpc) is 3.49. The number of hydrogen-bond donors (Lipinski definition) is 1. The first-order valence-electron chi connectivity index (χ1n) is 16.4. The third-order valence-electron chi connectivity index (χ3n) is 8.49. The van der Waals surface area contributed by atoms with Gasteiger partial charge in [-0.05, 0) is 98.5 Å². The summed E-state index contributed by atoms with van der Waals surface area (Å²) in [4.78, 5) is 25.4. The van der Waals surface area contributed by atoms with E-state index in [1.807, 2.05) is 26.0 Å². The van der Waals surface area contributed by atoms with Crippen molar-refractivity contribution in [2.24, 2.45) is 0 Å². The summed E-state index contributed by atoms with van der Waals surface area (Å²) >= 11 is 9.31. The summed E-state index contributed by atoms with van der Waals surface area (Å²) in [5.74, 6) is -0.0479. The topological polar surface area (TPSA) is 150 Å². The summed E-state index contributed by atoms with van der Waals surface area (Å²) in [6, 6.07) is 26.4. The van der Waals surface area contributed by atoms with Crippen molar-refractivity contribution >= 4 is 104 Å². The molecule has 0 saturated carbocycles. The van der Waals surface area contributed by atoms with Gasteiger partial charge in [0.05, 0.1) is 28.0 Å². The second kappa shape index (κ2) is 17.2. The fourth-order valence-corrected chi connectivity index (χ4v) is 7.37. The number of ether oxygens (including phenoxy) is 3. The summed E-state index contributed by atoms with van der Waals surface area (Å²) in [5.41, 5.74) is 3.46. The lowest BCUT2D eigenvalue weighted by Crippen LogP contribution is -2.22. The molecule has 0 aromatic heterocycles. The van der Waals surface area contributed by atoms with Crippen LogP contribution in [0.15, 0.2) is 107 Å². The van der Waals surface area contributed by atoms with Crippen molar-refractivity contribution in [2.45, 2.75) is 48.7 Å². The van der Waals surface area contributed by atoms with Crippen molar-refractivity contribution in [3.8, 4) is 11.5 Å². The van der Waals surface area contributed by atoms with Crippen LogP contribution in [0.5, 0.6) is 11.5 Å². The normalized spacial score (nSPS) is 16.0. The van der Waals surface area contributed by atoms with Crippen LogP contribution >= 0.6 is 47.3 Å². The zero-order valence-corrected chi connectivity index (χ0v) is 37.3. The number of phenols is 1. The predicted molar refractivity (Wildman–Crippen MR) is 227 cm³/mol. The fraction of sp³-hybridized carbons (Fsp3) is 0.231. The van der Waals surface area contributed by atoms with Crippen LogP contribution in [0.4, 0.5) is 0 Å². The van der Waals surface area contributed by atoms with E-state index in [1.165, 1.54) is 24.3 Å². The van der Waals surface area contributed by atoms with Crippen molar-refractivity contribution in [1.29, 1.82) is 0 Å². The summed E-state index contributed by atoms with van der Waals surface area (Å²) in [6.45, 7) is 7.22. The number of methoxy groups -OCH3 is 1. The van der Waals surface area contributed by atoms with Crippen LogP contribution in [0.1, 0.15) is 49.9 Å². The highest BCUT2D eigenvalue weighted by atomic mass is 79.9. The quantitative estimate of drug-likeness (QED) is 0.141. The van der Waals surface area contributed by atoms with Crippen LogP contribution in [0.3, 0.4) is 0 Å². The molecule has 6 rings (SSSR count). The van der Waals surface area contributed by atoms with Gasteiger partial charge < -0.3 is 19.3 Å². The lowest BCUT2D eigenvalue weighted by molar-refractivity contribution is -0.143. The van der Waals surface area contributed by atoms with Gasteiger partial charge in [0.25, 0.3) is 0 Å². The predicted octanol–water partition coefficient (Wildman–Crippen LogP) is 8.54. The van der Waals surface area contributed by atoms with Crippen molar-refractivity contribution in [3.63, 3.8) is 0 Å². The molecule has 55 heavy (non-hydrogen) atoms. The van der Waals surface area contributed by atoms with Gasteiger partial charge in [-0.15, -0.1) is 47.3 Å². The van der Waals surface area contributed by atoms with E-state index in [2.05, 4.69) is 47.3 Å². The number of rotatable bonds is 7. The molecular formula is C39H38BBr3O10S2. The molecule has 0 atom stereocenters. The number of halogens is 3. The van der Waals surface area contributed by atoms with E-state index >= 15 is 0 Å². The lowest BCUT2D eigenvalue weighted by Gasteiger charge is -2.22. The van der Waals surface area contributed by atoms with Crippen molar-refractivity contribution in [3.05, 3.63) is 119 Å². The first kappa shape index (κ1) is 44.0. The minimum absolute atomic E-state index is 0.106. The van der Waals surface area contributed by atoms with Gasteiger partial charge in [0, 0.05) is 23.7 Å². The second-order valence-electron chi connectivity index (χ2n) is 13.4. The van der Waals surface area contributed by atoms with Crippen molar-refractivity contribution in [1.82, 2.24) is 0 Å². The Morgan fingerprint density at radius 1 is 0.564 bits per heavy atom. The Morgan fingerprint density at radius 3 is 1.15 bits per heavy atom. The molecular weight excluding hydrogens is 943 g/mol. The summed E-state index contributed by atoms with van der Waals surface area (Å²) in [7, 11) is -5.00. The molecule has 16 heteroatoms. The molecule has 0 bridgehead atoms. The van der Waals surface area contributed by atoms with Crippen LogP contribution in [-0.2, 0) is 38.7 Å². The second-order valence-corrected chi connectivity index (χ2v) is 23.9. The Labute approximate surface area is 346 Å². The van der Waals surface area contributed by atoms with Crippen LogP contribution < -0.4 is 4.74 Å². The molecule has 0 amide bonds. The zero-order chi connectivity index (χ0) is 41.1. The van der Waals surface area contributed by atoms with E-state index in [1.54, 1.807) is 81.6 Å². The molecule has 290 valence electrons. The number of aromatic hydroxyl groups is 1. The zero-order valence-electron chi connectivity index (χ0n) is 30.9. The van der Waals surface area contributed by atoms with Gasteiger partial charge in [-0.2, -0.15) is 0 Å². The summed E-state index contributed by atoms with van der Waals surface area (Å²) in [5, 5.41) is 9.47. The molecule has 4 aromatic rings. The van der Waals surface area contributed by atoms with Gasteiger partial charge in [-0.3, -0.25) is 0 Å². The molecule has 10 nitrogen and oxygen atoms in total. The molecule has 4 aromatic carbocycles. The van der Waals surface area contributed by atoms with Gasteiger partial charge in [-0.25, -0.2) is 26.4 Å². The van der Waals surface area contributed by atoms with Gasteiger partial charge >= 0.3 is 15.1 Å². The molecule has 0 fully saturated rings. The molecule has 0 radical (unpaired) electrons. The summed E-state index contributed by atoms with van der Waals surface area (Å²) in [6.07, 6.45) is 2.31. The number of esters is 2. The number of hydrogen-bond acceptors (Lipinski definition) is 10. The maximum Gasteiger partial charge on any atom is 0.369 e. The van der Waals surface area contributed by atoms with Gasteiger partial charge in [0.1, 0.15) is 22.7 Å². The lowest BCUT2D eigenvalue weighted by atomic mass is 9.87. The Kier molecular flexibility index (Phi) is 13.8. The Bertz CT molecular complexity index is 2350. The number of cyclic esters (lactones) is 2. The van der Waals surface area contributed by atoms with Crippen LogP contribution in [0.2, 0.25) is 0 Å². The third-order valence-corrected chi connectivity index (χ3v) is 10.7. The first-order valence-corrected chi connectivity index (χ1v) is 22.9. The number of phenolic OH excluding ortho intramolecular Hbond substituents is 1. The van der Waals surface area contributed by atoms with E-state index in [0.29, 0.717) is 33.6 Å². The van der Waals surface area contributed by atoms with Crippen LogP contribution in [0, 0.1) is 0 Å². The molecule has 0 unspecified atom stereocenters. The fourth-order valence-electron chi connectivity index (χ4n) is 6.11. The minimum Gasteiger partial charge on any atom is -0.508 e. The third kappa shape index (κ3) is 10.8. The number of benzene rings is 4. The molecule has 0 saturated heterocycles. The number of carbonyl (C=O) groups excluding carboxylic acids is 2. The molecule has 2 aliphatic heterocycles. The monoisotopic (exact) mass is 978 g/mol. The van der Waals surface area contributed by atoms with Crippen molar-refractivity contribution < 1.29 is 45.7 Å². The van der Waals surface area contributed by atoms with E-state index in [-0.39, 0.29) is 18.7 Å². The van der Waals surface area contributed by atoms with Crippen LogP contribution in [-0.4, -0.2) is 67.9 Å². The number of carbonyl (C=O) groups is 2. The molecule has 2 aliphatic rings.